The van der Waals surface area contributed by atoms with Crippen LogP contribution in [0, 0.1) is 5.92 Å². The average Bonchev–Trinajstić information content (AvgIpc) is 3.47. The molecule has 0 radical (unpaired) electrons. The molecule has 0 saturated carbocycles. The number of amides is 5. The third-order valence-electron chi connectivity index (χ3n) is 7.41. The zero-order chi connectivity index (χ0) is 33.8. The second-order valence-corrected chi connectivity index (χ2v) is 11.5. The van der Waals surface area contributed by atoms with Crippen molar-refractivity contribution in [3.63, 3.8) is 0 Å². The van der Waals surface area contributed by atoms with Crippen LogP contribution in [0.25, 0.3) is 0 Å². The third-order valence-corrected chi connectivity index (χ3v) is 7.41. The molecule has 45 heavy (non-hydrogen) atoms. The molecule has 15 nitrogen and oxygen atoms in total. The molecule has 5 amide bonds. The quantitative estimate of drug-likeness (QED) is 0.119. The SMILES string of the molecule is CC(C)[C@H](NC(=O)[C@H](CCC(=O)O)NC(=O)[C@@H]1CCCN1C(=O)[C@H](C)NC(=O)[C@H](C)N)C(=O)N[C@@H](Cc1ccccc1)C(=O)O. The van der Waals surface area contributed by atoms with Gasteiger partial charge in [-0.3, -0.25) is 28.8 Å². The second kappa shape index (κ2) is 17.1. The van der Waals surface area contributed by atoms with E-state index < -0.39 is 90.1 Å². The zero-order valence-corrected chi connectivity index (χ0v) is 25.9. The molecule has 0 aromatic heterocycles. The Morgan fingerprint density at radius 3 is 2.07 bits per heavy atom. The zero-order valence-electron chi connectivity index (χ0n) is 25.9. The number of nitrogens with zero attached hydrogens (tertiary/aromatic N) is 1. The Morgan fingerprint density at radius 1 is 0.867 bits per heavy atom. The number of hydrogen-bond acceptors (Lipinski definition) is 8. The highest BCUT2D eigenvalue weighted by atomic mass is 16.4. The number of rotatable bonds is 16. The highest BCUT2D eigenvalue weighted by molar-refractivity contribution is 5.96. The number of carboxylic acids is 2. The number of benzene rings is 1. The van der Waals surface area contributed by atoms with E-state index in [2.05, 4.69) is 21.3 Å². The summed E-state index contributed by atoms with van der Waals surface area (Å²) in [6.45, 7) is 6.42. The molecule has 6 atom stereocenters. The van der Waals surface area contributed by atoms with E-state index in [1.54, 1.807) is 44.2 Å². The predicted octanol–water partition coefficient (Wildman–Crippen LogP) is -0.868. The van der Waals surface area contributed by atoms with Crippen LogP contribution in [0.15, 0.2) is 30.3 Å². The maximum atomic E-state index is 13.4. The van der Waals surface area contributed by atoms with Gasteiger partial charge in [0.05, 0.1) is 6.04 Å². The van der Waals surface area contributed by atoms with Gasteiger partial charge >= 0.3 is 11.9 Å². The van der Waals surface area contributed by atoms with Gasteiger partial charge in [-0.1, -0.05) is 44.2 Å². The predicted molar refractivity (Wildman–Crippen MR) is 161 cm³/mol. The number of aliphatic carboxylic acids is 2. The number of carboxylic acid groups (broad SMARTS) is 2. The average molecular weight is 633 g/mol. The first-order valence-corrected chi connectivity index (χ1v) is 14.9. The van der Waals surface area contributed by atoms with Crippen LogP contribution >= 0.6 is 0 Å². The molecule has 1 aromatic rings. The van der Waals surface area contributed by atoms with Crippen molar-refractivity contribution in [1.29, 1.82) is 0 Å². The number of nitrogens with one attached hydrogen (secondary N) is 4. The van der Waals surface area contributed by atoms with E-state index in [1.807, 2.05) is 0 Å². The number of nitrogens with two attached hydrogens (primary N) is 1. The molecule has 0 unspecified atom stereocenters. The fraction of sp³-hybridized carbons (Fsp3) is 0.567. The Kier molecular flexibility index (Phi) is 13.9. The van der Waals surface area contributed by atoms with Crippen LogP contribution in [0.2, 0.25) is 0 Å². The number of likely N-dealkylation sites (tertiary alicyclic amines) is 1. The Bertz CT molecular complexity index is 1240. The molecule has 1 heterocycles. The van der Waals surface area contributed by atoms with Crippen molar-refractivity contribution in [3.8, 4) is 0 Å². The molecule has 1 aliphatic rings. The van der Waals surface area contributed by atoms with Crippen molar-refractivity contribution in [1.82, 2.24) is 26.2 Å². The second-order valence-electron chi connectivity index (χ2n) is 11.5. The molecule has 1 fully saturated rings. The maximum absolute atomic E-state index is 13.4. The van der Waals surface area contributed by atoms with Crippen molar-refractivity contribution >= 4 is 41.5 Å². The Hall–Kier alpha value is -4.53. The molecule has 15 heteroatoms. The van der Waals surface area contributed by atoms with E-state index in [0.717, 1.165) is 0 Å². The van der Waals surface area contributed by atoms with E-state index in [-0.39, 0.29) is 25.8 Å². The van der Waals surface area contributed by atoms with Gasteiger partial charge in [0.2, 0.25) is 29.5 Å². The smallest absolute Gasteiger partial charge is 0.326 e. The van der Waals surface area contributed by atoms with Crippen LogP contribution in [-0.2, 0) is 40.0 Å². The highest BCUT2D eigenvalue weighted by Gasteiger charge is 2.38. The Balaban J connectivity index is 2.17. The van der Waals surface area contributed by atoms with Crippen LogP contribution in [0.4, 0.5) is 0 Å². The van der Waals surface area contributed by atoms with Gasteiger partial charge in [0.1, 0.15) is 30.2 Å². The van der Waals surface area contributed by atoms with Crippen LogP contribution in [0.3, 0.4) is 0 Å². The first-order chi connectivity index (χ1) is 21.1. The first-order valence-electron chi connectivity index (χ1n) is 14.9. The fourth-order valence-electron chi connectivity index (χ4n) is 4.86. The summed E-state index contributed by atoms with van der Waals surface area (Å²) in [6.07, 6.45) is -0.0433. The molecule has 2 rings (SSSR count). The van der Waals surface area contributed by atoms with Crippen molar-refractivity contribution in [3.05, 3.63) is 35.9 Å². The normalized spacial score (nSPS) is 17.7. The monoisotopic (exact) mass is 632 g/mol. The minimum absolute atomic E-state index is 0.00211. The summed E-state index contributed by atoms with van der Waals surface area (Å²) in [4.78, 5) is 89.4. The molecular weight excluding hydrogens is 588 g/mol. The van der Waals surface area contributed by atoms with Gasteiger partial charge in [-0.25, -0.2) is 4.79 Å². The molecule has 0 aliphatic carbocycles. The molecule has 1 saturated heterocycles. The van der Waals surface area contributed by atoms with E-state index in [0.29, 0.717) is 12.0 Å². The van der Waals surface area contributed by atoms with Crippen LogP contribution < -0.4 is 27.0 Å². The largest absolute Gasteiger partial charge is 0.481 e. The maximum Gasteiger partial charge on any atom is 0.326 e. The highest BCUT2D eigenvalue weighted by Crippen LogP contribution is 2.19. The number of hydrogen-bond donors (Lipinski definition) is 7. The Labute approximate surface area is 261 Å². The third kappa shape index (κ3) is 11.2. The van der Waals surface area contributed by atoms with Gasteiger partial charge in [-0.05, 0) is 44.6 Å². The minimum Gasteiger partial charge on any atom is -0.481 e. The first kappa shape index (κ1) is 36.7. The summed E-state index contributed by atoms with van der Waals surface area (Å²) in [7, 11) is 0. The Morgan fingerprint density at radius 2 is 1.51 bits per heavy atom. The summed E-state index contributed by atoms with van der Waals surface area (Å²) in [5.74, 6) is -6.37. The van der Waals surface area contributed by atoms with E-state index in [9.17, 15) is 43.8 Å². The fourth-order valence-corrected chi connectivity index (χ4v) is 4.86. The number of carbonyl (C=O) groups is 7. The minimum atomic E-state index is -1.38. The molecule has 1 aliphatic heterocycles. The summed E-state index contributed by atoms with van der Waals surface area (Å²) in [5.41, 5.74) is 6.23. The summed E-state index contributed by atoms with van der Waals surface area (Å²) in [6, 6.07) is 2.01. The number of carbonyl (C=O) groups excluding carboxylic acids is 5. The van der Waals surface area contributed by atoms with E-state index in [4.69, 9.17) is 5.73 Å². The van der Waals surface area contributed by atoms with Crippen LogP contribution in [0.1, 0.15) is 58.9 Å². The lowest BCUT2D eigenvalue weighted by molar-refractivity contribution is -0.143. The van der Waals surface area contributed by atoms with Gasteiger partial charge in [0.25, 0.3) is 0 Å². The molecule has 1 aromatic carbocycles. The van der Waals surface area contributed by atoms with Gasteiger partial charge < -0.3 is 42.1 Å². The molecule has 248 valence electrons. The van der Waals surface area contributed by atoms with Gasteiger partial charge in [-0.2, -0.15) is 0 Å². The summed E-state index contributed by atoms with van der Waals surface area (Å²) < 4.78 is 0. The summed E-state index contributed by atoms with van der Waals surface area (Å²) >= 11 is 0. The van der Waals surface area contributed by atoms with Gasteiger partial charge in [0, 0.05) is 19.4 Å². The van der Waals surface area contributed by atoms with Crippen molar-refractivity contribution < 1.29 is 43.8 Å². The standard InChI is InChI=1S/C30H44N6O9/c1-16(2)24(28(42)34-21(30(44)45)15-19-9-6-5-7-10-19)35-26(40)20(12-13-23(37)38)33-27(41)22-11-8-14-36(22)29(43)18(4)32-25(39)17(3)31/h5-7,9-10,16-18,20-22,24H,8,11-15,31H2,1-4H3,(H,32,39)(H,33,41)(H,34,42)(H,35,40)(H,37,38)(H,44,45)/t17-,18-,20-,21-,22-,24-/m0/s1. The van der Waals surface area contributed by atoms with Crippen molar-refractivity contribution in [2.24, 2.45) is 11.7 Å². The van der Waals surface area contributed by atoms with Gasteiger partial charge in [0.15, 0.2) is 0 Å². The van der Waals surface area contributed by atoms with E-state index >= 15 is 0 Å². The van der Waals surface area contributed by atoms with Crippen LogP contribution in [0.5, 0.6) is 0 Å². The van der Waals surface area contributed by atoms with Crippen molar-refractivity contribution in [2.45, 2.75) is 96.1 Å². The topological polar surface area (TPSA) is 237 Å². The lowest BCUT2D eigenvalue weighted by atomic mass is 10.00. The van der Waals surface area contributed by atoms with Crippen molar-refractivity contribution in [2.75, 3.05) is 6.54 Å². The van der Waals surface area contributed by atoms with Gasteiger partial charge in [-0.15, -0.1) is 0 Å². The molecular formula is C30H44N6O9. The van der Waals surface area contributed by atoms with Crippen LogP contribution in [-0.4, -0.2) is 99.4 Å². The summed E-state index contributed by atoms with van der Waals surface area (Å²) in [5, 5.41) is 29.0. The molecule has 0 bridgehead atoms. The van der Waals surface area contributed by atoms with E-state index in [1.165, 1.54) is 18.7 Å². The lowest BCUT2D eigenvalue weighted by Crippen LogP contribution is -2.59. The lowest BCUT2D eigenvalue weighted by Gasteiger charge is -2.30. The molecule has 0 spiro atoms. The molecule has 8 N–H and O–H groups in total.